The number of halogens is 2. The molecule has 2 aromatic carbocycles. The molecule has 4 aliphatic heterocycles. The van der Waals surface area contributed by atoms with Crippen LogP contribution < -0.4 is 16.0 Å². The average Bonchev–Trinajstić information content (AvgIpc) is 3.86. The van der Waals surface area contributed by atoms with E-state index in [1.165, 1.54) is 26.8 Å². The SMILES string of the molecule is C[C@@H]1C[C@H]2C(=O)OC[C@H](NC(=O)[C@H](Cc3ccccc3)NC(=O)Cc3ccc(CC(C)(F)F)cc3)C(=O)N3CCC[C@H]3C(=O)N3CCCC[C@H]3C(=O)N[C@@H](C)C(=O)N2C1. The summed E-state index contributed by atoms with van der Waals surface area (Å²) in [5.41, 5.74) is 1.64. The fourth-order valence-electron chi connectivity index (χ4n) is 8.61. The maximum Gasteiger partial charge on any atom is 0.328 e. The van der Waals surface area contributed by atoms with Crippen LogP contribution in [0.15, 0.2) is 54.6 Å². The van der Waals surface area contributed by atoms with Crippen LogP contribution in [0.25, 0.3) is 0 Å². The highest BCUT2D eigenvalue weighted by Crippen LogP contribution is 2.28. The molecular formula is C43H54F2N6O8. The monoisotopic (exact) mass is 820 g/mol. The zero-order chi connectivity index (χ0) is 42.4. The molecule has 0 radical (unpaired) electrons. The molecule has 7 atom stereocenters. The smallest absolute Gasteiger partial charge is 0.328 e. The molecular weight excluding hydrogens is 767 g/mol. The van der Waals surface area contributed by atoms with Gasteiger partial charge in [0.25, 0.3) is 0 Å². The van der Waals surface area contributed by atoms with Gasteiger partial charge in [-0.15, -0.1) is 0 Å². The number of rotatable bonds is 9. The summed E-state index contributed by atoms with van der Waals surface area (Å²) in [6.45, 7) is 4.36. The number of esters is 1. The molecule has 0 saturated carbocycles. The average molecular weight is 821 g/mol. The Morgan fingerprint density at radius 3 is 2.19 bits per heavy atom. The van der Waals surface area contributed by atoms with Crippen LogP contribution in [0.3, 0.4) is 0 Å². The van der Waals surface area contributed by atoms with E-state index < -0.39 is 96.6 Å². The fourth-order valence-corrected chi connectivity index (χ4v) is 8.61. The van der Waals surface area contributed by atoms with Crippen LogP contribution in [0.5, 0.6) is 0 Å². The zero-order valence-electron chi connectivity index (χ0n) is 33.8. The molecule has 2 aromatic rings. The largest absolute Gasteiger partial charge is 0.461 e. The van der Waals surface area contributed by atoms with E-state index >= 15 is 0 Å². The second-order valence-corrected chi connectivity index (χ2v) is 16.6. The van der Waals surface area contributed by atoms with Gasteiger partial charge in [-0.1, -0.05) is 61.5 Å². The molecule has 318 valence electrons. The topological polar surface area (TPSA) is 175 Å². The standard InChI is InChI=1S/C43H54F2N6O8/c1-26-20-35-42(58)59-25-32(40(56)50-19-9-13-34(50)41(57)49-18-8-7-12-33(49)38(54)46-27(2)39(55)51(35)24-26)48-37(53)31(21-28-10-5-4-6-11-28)47-36(52)22-29-14-16-30(17-15-29)23-43(3,44)45/h4-6,10-11,14-17,26-27,31-35H,7-9,12-13,18-25H2,1-3H3,(H,46,54)(H,47,52)(H,48,53)/t26-,27+,31+,32+,33+,34+,35+/m1/s1. The first-order valence-corrected chi connectivity index (χ1v) is 20.6. The van der Waals surface area contributed by atoms with Crippen LogP contribution in [-0.2, 0) is 57.6 Å². The Labute approximate surface area is 342 Å². The van der Waals surface area contributed by atoms with Gasteiger partial charge in [0.05, 0.1) is 6.42 Å². The highest BCUT2D eigenvalue weighted by atomic mass is 19.3. The Morgan fingerprint density at radius 2 is 1.47 bits per heavy atom. The Hall–Kier alpha value is -5.41. The molecule has 6 rings (SSSR count). The molecule has 16 heteroatoms. The van der Waals surface area contributed by atoms with Crippen molar-refractivity contribution in [1.82, 2.24) is 30.7 Å². The first kappa shape index (κ1) is 43.2. The zero-order valence-corrected chi connectivity index (χ0v) is 33.8. The number of nitrogens with one attached hydrogen (secondary N) is 3. The molecule has 4 aliphatic rings. The van der Waals surface area contributed by atoms with E-state index in [-0.39, 0.29) is 38.3 Å². The summed E-state index contributed by atoms with van der Waals surface area (Å²) >= 11 is 0. The maximum atomic E-state index is 14.5. The number of amides is 6. The number of ether oxygens (including phenoxy) is 1. The van der Waals surface area contributed by atoms with E-state index in [1.54, 1.807) is 49.4 Å². The maximum absolute atomic E-state index is 14.5. The van der Waals surface area contributed by atoms with Gasteiger partial charge in [-0.25, -0.2) is 13.6 Å². The molecule has 4 heterocycles. The molecule has 14 nitrogen and oxygen atoms in total. The Bertz CT molecular complexity index is 1890. The van der Waals surface area contributed by atoms with Gasteiger partial charge in [-0.2, -0.15) is 0 Å². The number of fused-ring (bicyclic) bond motifs is 3. The van der Waals surface area contributed by atoms with Gasteiger partial charge in [0.2, 0.25) is 41.4 Å². The minimum absolute atomic E-state index is 0.0298. The Morgan fingerprint density at radius 1 is 0.814 bits per heavy atom. The first-order valence-electron chi connectivity index (χ1n) is 20.6. The number of cyclic esters (lactones) is 1. The van der Waals surface area contributed by atoms with Crippen LogP contribution in [0, 0.1) is 5.92 Å². The number of piperidine rings is 1. The molecule has 0 aliphatic carbocycles. The van der Waals surface area contributed by atoms with Crippen molar-refractivity contribution in [2.75, 3.05) is 26.2 Å². The normalized spacial score (nSPS) is 26.3. The number of alkyl halides is 2. The van der Waals surface area contributed by atoms with Crippen molar-refractivity contribution in [1.29, 1.82) is 0 Å². The van der Waals surface area contributed by atoms with Gasteiger partial charge >= 0.3 is 5.97 Å². The van der Waals surface area contributed by atoms with Crippen molar-refractivity contribution < 1.29 is 47.1 Å². The molecule has 0 unspecified atom stereocenters. The molecule has 0 bridgehead atoms. The van der Waals surface area contributed by atoms with Gasteiger partial charge in [-0.3, -0.25) is 28.8 Å². The van der Waals surface area contributed by atoms with Crippen molar-refractivity contribution >= 4 is 41.4 Å². The van der Waals surface area contributed by atoms with Gasteiger partial charge in [0.1, 0.15) is 42.9 Å². The summed E-state index contributed by atoms with van der Waals surface area (Å²) in [6.07, 6.45) is 2.21. The van der Waals surface area contributed by atoms with Crippen molar-refractivity contribution in [2.45, 2.75) is 121 Å². The number of hydrogen-bond donors (Lipinski definition) is 3. The molecule has 0 aromatic heterocycles. The molecule has 3 N–H and O–H groups in total. The fraction of sp³-hybridized carbons (Fsp3) is 0.558. The van der Waals surface area contributed by atoms with Gasteiger partial charge in [-0.05, 0) is 75.0 Å². The minimum Gasteiger partial charge on any atom is -0.461 e. The molecule has 4 fully saturated rings. The summed E-state index contributed by atoms with van der Waals surface area (Å²) in [5, 5.41) is 8.26. The van der Waals surface area contributed by atoms with E-state index in [2.05, 4.69) is 16.0 Å². The molecule has 59 heavy (non-hydrogen) atoms. The lowest BCUT2D eigenvalue weighted by molar-refractivity contribution is -0.158. The summed E-state index contributed by atoms with van der Waals surface area (Å²) in [4.78, 5) is 102. The summed E-state index contributed by atoms with van der Waals surface area (Å²) in [5.74, 6) is -7.08. The third-order valence-corrected chi connectivity index (χ3v) is 11.5. The predicted molar refractivity (Wildman–Crippen MR) is 210 cm³/mol. The van der Waals surface area contributed by atoms with Gasteiger partial charge in [0, 0.05) is 32.5 Å². The van der Waals surface area contributed by atoms with Crippen LogP contribution in [0.2, 0.25) is 0 Å². The van der Waals surface area contributed by atoms with Crippen molar-refractivity contribution in [3.63, 3.8) is 0 Å². The van der Waals surface area contributed by atoms with E-state index in [4.69, 9.17) is 4.74 Å². The number of nitrogens with zero attached hydrogens (tertiary/aromatic N) is 3. The molecule has 4 saturated heterocycles. The van der Waals surface area contributed by atoms with Crippen LogP contribution >= 0.6 is 0 Å². The summed E-state index contributed by atoms with van der Waals surface area (Å²) < 4.78 is 32.8. The Kier molecular flexibility index (Phi) is 13.7. The predicted octanol–water partition coefficient (Wildman–Crippen LogP) is 2.31. The van der Waals surface area contributed by atoms with Gasteiger partial charge < -0.3 is 35.4 Å². The van der Waals surface area contributed by atoms with Crippen molar-refractivity contribution in [2.24, 2.45) is 5.92 Å². The summed E-state index contributed by atoms with van der Waals surface area (Å²) in [7, 11) is 0. The number of carbonyl (C=O) groups excluding carboxylic acids is 7. The van der Waals surface area contributed by atoms with Crippen molar-refractivity contribution in [3.8, 4) is 0 Å². The lowest BCUT2D eigenvalue weighted by Gasteiger charge is -2.39. The number of hydrogen-bond acceptors (Lipinski definition) is 8. The van der Waals surface area contributed by atoms with E-state index in [0.717, 1.165) is 6.92 Å². The number of benzene rings is 2. The summed E-state index contributed by atoms with van der Waals surface area (Å²) in [6, 6.07) is 8.63. The van der Waals surface area contributed by atoms with Crippen LogP contribution in [0.1, 0.15) is 76.0 Å². The van der Waals surface area contributed by atoms with Crippen LogP contribution in [0.4, 0.5) is 8.78 Å². The molecule has 0 spiro atoms. The molecule has 6 amide bonds. The second kappa shape index (κ2) is 18.7. The minimum atomic E-state index is -2.89. The van der Waals surface area contributed by atoms with Crippen molar-refractivity contribution in [3.05, 3.63) is 71.3 Å². The number of carbonyl (C=O) groups is 7. The highest BCUT2D eigenvalue weighted by Gasteiger charge is 2.46. The van der Waals surface area contributed by atoms with E-state index in [1.807, 2.05) is 6.92 Å². The Balaban J connectivity index is 1.27. The third-order valence-electron chi connectivity index (χ3n) is 11.5. The van der Waals surface area contributed by atoms with E-state index in [9.17, 15) is 42.3 Å². The third kappa shape index (κ3) is 10.8. The van der Waals surface area contributed by atoms with Gasteiger partial charge in [0.15, 0.2) is 0 Å². The van der Waals surface area contributed by atoms with Crippen LogP contribution in [-0.4, -0.2) is 125 Å². The lowest BCUT2D eigenvalue weighted by atomic mass is 9.99. The quantitative estimate of drug-likeness (QED) is 0.324. The first-order chi connectivity index (χ1) is 28.1. The van der Waals surface area contributed by atoms with E-state index in [0.29, 0.717) is 55.3 Å². The second-order valence-electron chi connectivity index (χ2n) is 16.6. The highest BCUT2D eigenvalue weighted by molar-refractivity contribution is 5.98. The lowest BCUT2D eigenvalue weighted by Crippen LogP contribution is -2.62.